The number of aromatic amines is 1. The molecule has 0 saturated carbocycles. The lowest BCUT2D eigenvalue weighted by Crippen LogP contribution is -2.18. The second kappa shape index (κ2) is 6.16. The Balaban J connectivity index is 1.71. The third-order valence-electron chi connectivity index (χ3n) is 4.20. The number of benzene rings is 2. The van der Waals surface area contributed by atoms with Gasteiger partial charge in [0.2, 0.25) is 0 Å². The van der Waals surface area contributed by atoms with Gasteiger partial charge in [-0.05, 0) is 37.1 Å². The van der Waals surface area contributed by atoms with Crippen LogP contribution in [0.25, 0.3) is 11.1 Å². The van der Waals surface area contributed by atoms with Gasteiger partial charge in [0.05, 0.1) is 6.20 Å². The summed E-state index contributed by atoms with van der Waals surface area (Å²) in [7, 11) is 0. The first-order valence-corrected chi connectivity index (χ1v) is 8.01. The normalized spacial score (nSPS) is 14.2. The highest BCUT2D eigenvalue weighted by Crippen LogP contribution is 2.36. The minimum absolute atomic E-state index is 0.857. The van der Waals surface area contributed by atoms with E-state index in [1.54, 1.807) is 0 Å². The Bertz CT molecular complexity index is 763. The number of hydrogen-bond acceptors (Lipinski definition) is 3. The van der Waals surface area contributed by atoms with Crippen LogP contribution in [-0.2, 0) is 0 Å². The van der Waals surface area contributed by atoms with E-state index in [0.29, 0.717) is 0 Å². The molecule has 0 bridgehead atoms. The molecule has 0 aliphatic carbocycles. The lowest BCUT2D eigenvalue weighted by atomic mass is 10.1. The van der Waals surface area contributed by atoms with E-state index in [1.165, 1.54) is 24.1 Å². The van der Waals surface area contributed by atoms with Crippen LogP contribution < -0.4 is 9.64 Å². The first-order chi connectivity index (χ1) is 11.4. The molecule has 116 valence electrons. The minimum atomic E-state index is 0.857. The summed E-state index contributed by atoms with van der Waals surface area (Å²) >= 11 is 0. The van der Waals surface area contributed by atoms with Crippen molar-refractivity contribution in [3.63, 3.8) is 0 Å². The second-order valence-corrected chi connectivity index (χ2v) is 5.78. The third-order valence-corrected chi connectivity index (χ3v) is 4.20. The van der Waals surface area contributed by atoms with E-state index in [4.69, 9.17) is 4.74 Å². The van der Waals surface area contributed by atoms with Crippen molar-refractivity contribution in [3.8, 4) is 22.6 Å². The maximum absolute atomic E-state index is 6.00. The van der Waals surface area contributed by atoms with Crippen LogP contribution in [-0.4, -0.2) is 23.3 Å². The van der Waals surface area contributed by atoms with E-state index in [-0.39, 0.29) is 0 Å². The number of nitrogens with one attached hydrogen (secondary N) is 1. The van der Waals surface area contributed by atoms with Crippen molar-refractivity contribution in [1.29, 1.82) is 0 Å². The summed E-state index contributed by atoms with van der Waals surface area (Å²) in [5.74, 6) is 1.72. The van der Waals surface area contributed by atoms with Crippen LogP contribution in [0.2, 0.25) is 0 Å². The molecule has 0 spiro atoms. The highest BCUT2D eigenvalue weighted by molar-refractivity contribution is 5.79. The Hall–Kier alpha value is -2.75. The molecular weight excluding hydrogens is 286 g/mol. The average molecular weight is 305 g/mol. The molecular formula is C19H19N3O. The minimum Gasteiger partial charge on any atom is -0.457 e. The largest absolute Gasteiger partial charge is 0.457 e. The summed E-state index contributed by atoms with van der Waals surface area (Å²) in [6.07, 6.45) is 6.29. The summed E-state index contributed by atoms with van der Waals surface area (Å²) in [6.45, 7) is 2.19. The number of H-pyrrole nitrogens is 1. The predicted molar refractivity (Wildman–Crippen MR) is 92.0 cm³/mol. The fourth-order valence-corrected chi connectivity index (χ4v) is 3.06. The van der Waals surface area contributed by atoms with Gasteiger partial charge in [-0.25, -0.2) is 0 Å². The van der Waals surface area contributed by atoms with Gasteiger partial charge >= 0.3 is 0 Å². The van der Waals surface area contributed by atoms with Gasteiger partial charge in [-0.1, -0.05) is 18.2 Å². The number of nitrogens with zero attached hydrogens (tertiary/aromatic N) is 2. The van der Waals surface area contributed by atoms with Gasteiger partial charge in [0.1, 0.15) is 11.5 Å². The molecule has 3 aromatic rings. The molecule has 2 heterocycles. The van der Waals surface area contributed by atoms with Gasteiger partial charge in [-0.15, -0.1) is 0 Å². The molecule has 4 rings (SSSR count). The topological polar surface area (TPSA) is 41.1 Å². The summed E-state index contributed by atoms with van der Waals surface area (Å²) in [4.78, 5) is 2.43. The van der Waals surface area contributed by atoms with Crippen LogP contribution in [0.1, 0.15) is 12.8 Å². The summed E-state index contributed by atoms with van der Waals surface area (Å²) < 4.78 is 6.00. The molecule has 0 amide bonds. The van der Waals surface area contributed by atoms with Gasteiger partial charge in [-0.2, -0.15) is 5.10 Å². The van der Waals surface area contributed by atoms with Crippen LogP contribution in [0.3, 0.4) is 0 Å². The van der Waals surface area contributed by atoms with E-state index in [2.05, 4.69) is 27.2 Å². The maximum atomic E-state index is 6.00. The van der Waals surface area contributed by atoms with Crippen LogP contribution >= 0.6 is 0 Å². The first kappa shape index (κ1) is 13.9. The summed E-state index contributed by atoms with van der Waals surface area (Å²) in [5.41, 5.74) is 3.52. The van der Waals surface area contributed by atoms with Gasteiger partial charge in [0.25, 0.3) is 0 Å². The van der Waals surface area contributed by atoms with Gasteiger partial charge in [0.15, 0.2) is 0 Å². The number of hydrogen-bond donors (Lipinski definition) is 1. The Kier molecular flexibility index (Phi) is 3.72. The second-order valence-electron chi connectivity index (χ2n) is 5.78. The Morgan fingerprint density at radius 1 is 0.957 bits per heavy atom. The van der Waals surface area contributed by atoms with Gasteiger partial charge in [-0.3, -0.25) is 5.10 Å². The van der Waals surface area contributed by atoms with Crippen molar-refractivity contribution in [2.75, 3.05) is 18.0 Å². The van der Waals surface area contributed by atoms with Crippen molar-refractivity contribution in [2.24, 2.45) is 0 Å². The number of anilines is 1. The Morgan fingerprint density at radius 3 is 2.52 bits per heavy atom. The van der Waals surface area contributed by atoms with E-state index in [0.717, 1.165) is 30.2 Å². The third kappa shape index (κ3) is 2.93. The number of aromatic nitrogens is 2. The first-order valence-electron chi connectivity index (χ1n) is 8.01. The van der Waals surface area contributed by atoms with Gasteiger partial charge in [0, 0.05) is 42.2 Å². The number of rotatable bonds is 4. The van der Waals surface area contributed by atoms with Crippen molar-refractivity contribution >= 4 is 5.69 Å². The van der Waals surface area contributed by atoms with E-state index in [1.807, 2.05) is 48.8 Å². The molecule has 1 fully saturated rings. The van der Waals surface area contributed by atoms with E-state index < -0.39 is 0 Å². The molecule has 1 N–H and O–H groups in total. The van der Waals surface area contributed by atoms with Crippen molar-refractivity contribution in [1.82, 2.24) is 10.2 Å². The number of ether oxygens (including phenoxy) is 1. The zero-order valence-electron chi connectivity index (χ0n) is 12.9. The van der Waals surface area contributed by atoms with Crippen LogP contribution in [0.5, 0.6) is 11.5 Å². The molecule has 23 heavy (non-hydrogen) atoms. The molecule has 4 heteroatoms. The monoisotopic (exact) mass is 305 g/mol. The standard InChI is InChI=1S/C19H19N3O/c1-2-6-16(7-3-1)23-17-8-9-18(15-13-20-21-14-15)19(12-17)22-10-4-5-11-22/h1-3,6-9,12-14H,4-5,10-11H2,(H,20,21). The lowest BCUT2D eigenvalue weighted by molar-refractivity contribution is 0.483. The number of para-hydroxylation sites is 1. The quantitative estimate of drug-likeness (QED) is 0.773. The zero-order chi connectivity index (χ0) is 15.5. The molecule has 1 aliphatic rings. The summed E-state index contributed by atoms with van der Waals surface area (Å²) in [6, 6.07) is 16.2. The predicted octanol–water partition coefficient (Wildman–Crippen LogP) is 4.47. The Labute approximate surface area is 135 Å². The Morgan fingerprint density at radius 2 is 1.78 bits per heavy atom. The van der Waals surface area contributed by atoms with Crippen LogP contribution in [0.15, 0.2) is 60.9 Å². The van der Waals surface area contributed by atoms with Crippen molar-refractivity contribution in [2.45, 2.75) is 12.8 Å². The summed E-state index contributed by atoms with van der Waals surface area (Å²) in [5, 5.41) is 6.98. The van der Waals surface area contributed by atoms with E-state index >= 15 is 0 Å². The van der Waals surface area contributed by atoms with Crippen LogP contribution in [0.4, 0.5) is 5.69 Å². The lowest BCUT2D eigenvalue weighted by Gasteiger charge is -2.22. The zero-order valence-corrected chi connectivity index (χ0v) is 12.9. The van der Waals surface area contributed by atoms with Gasteiger partial charge < -0.3 is 9.64 Å². The molecule has 0 atom stereocenters. The van der Waals surface area contributed by atoms with Crippen LogP contribution in [0, 0.1) is 0 Å². The average Bonchev–Trinajstić information content (AvgIpc) is 3.30. The SMILES string of the molecule is c1ccc(Oc2ccc(-c3cn[nH]c3)c(N3CCCC3)c2)cc1. The van der Waals surface area contributed by atoms with Crippen molar-refractivity contribution in [3.05, 3.63) is 60.9 Å². The maximum Gasteiger partial charge on any atom is 0.129 e. The highest BCUT2D eigenvalue weighted by Gasteiger charge is 2.18. The molecule has 0 unspecified atom stereocenters. The molecule has 2 aromatic carbocycles. The smallest absolute Gasteiger partial charge is 0.129 e. The molecule has 1 aromatic heterocycles. The molecule has 4 nitrogen and oxygen atoms in total. The highest BCUT2D eigenvalue weighted by atomic mass is 16.5. The van der Waals surface area contributed by atoms with E-state index in [9.17, 15) is 0 Å². The fourth-order valence-electron chi connectivity index (χ4n) is 3.06. The molecule has 0 radical (unpaired) electrons. The molecule has 1 aliphatic heterocycles. The fraction of sp³-hybridized carbons (Fsp3) is 0.211. The van der Waals surface area contributed by atoms with Crippen molar-refractivity contribution < 1.29 is 4.74 Å². The molecule has 1 saturated heterocycles.